The molecule has 0 spiro atoms. The number of ether oxygens (including phenoxy) is 1. The van der Waals surface area contributed by atoms with E-state index in [4.69, 9.17) is 4.74 Å². The highest BCUT2D eigenvalue weighted by Gasteiger charge is 2.22. The molecule has 0 aliphatic rings. The van der Waals surface area contributed by atoms with Gasteiger partial charge in [-0.3, -0.25) is 4.79 Å². The standard InChI is InChI=1S/C15H23NO3/c1-11(2)14(10-19-3)16-9-13(15(17)18)12-7-5-4-6-8-12/h4-8,11,13-14,16H,9-10H2,1-3H3,(H,17,18). The van der Waals surface area contributed by atoms with Gasteiger partial charge in [0.2, 0.25) is 0 Å². The summed E-state index contributed by atoms with van der Waals surface area (Å²) in [6.07, 6.45) is 0. The van der Waals surface area contributed by atoms with Crippen LogP contribution in [0.2, 0.25) is 0 Å². The van der Waals surface area contributed by atoms with Crippen LogP contribution in [0.25, 0.3) is 0 Å². The quantitative estimate of drug-likeness (QED) is 0.756. The smallest absolute Gasteiger partial charge is 0.312 e. The van der Waals surface area contributed by atoms with Crippen molar-refractivity contribution in [3.63, 3.8) is 0 Å². The molecule has 1 aromatic rings. The van der Waals surface area contributed by atoms with E-state index in [-0.39, 0.29) is 6.04 Å². The number of benzene rings is 1. The van der Waals surface area contributed by atoms with E-state index < -0.39 is 11.9 Å². The van der Waals surface area contributed by atoms with Crippen LogP contribution in [0.3, 0.4) is 0 Å². The van der Waals surface area contributed by atoms with Gasteiger partial charge in [0.15, 0.2) is 0 Å². The molecule has 0 aromatic heterocycles. The number of carbonyl (C=O) groups is 1. The summed E-state index contributed by atoms with van der Waals surface area (Å²) in [5.41, 5.74) is 0.822. The van der Waals surface area contributed by atoms with Crippen molar-refractivity contribution >= 4 is 5.97 Å². The summed E-state index contributed by atoms with van der Waals surface area (Å²) >= 11 is 0. The summed E-state index contributed by atoms with van der Waals surface area (Å²) in [5, 5.41) is 12.6. The van der Waals surface area contributed by atoms with Crippen LogP contribution >= 0.6 is 0 Å². The Morgan fingerprint density at radius 2 is 1.95 bits per heavy atom. The second kappa shape index (κ2) is 7.92. The maximum atomic E-state index is 11.4. The normalized spacial score (nSPS) is 14.3. The van der Waals surface area contributed by atoms with E-state index in [1.165, 1.54) is 0 Å². The molecular formula is C15H23NO3. The zero-order valence-electron chi connectivity index (χ0n) is 11.8. The highest BCUT2D eigenvalue weighted by atomic mass is 16.5. The zero-order chi connectivity index (χ0) is 14.3. The lowest BCUT2D eigenvalue weighted by Gasteiger charge is -2.23. The van der Waals surface area contributed by atoms with Crippen molar-refractivity contribution in [2.24, 2.45) is 5.92 Å². The number of nitrogens with one attached hydrogen (secondary N) is 1. The lowest BCUT2D eigenvalue weighted by atomic mass is 9.98. The van der Waals surface area contributed by atoms with Gasteiger partial charge < -0.3 is 15.2 Å². The van der Waals surface area contributed by atoms with Crippen molar-refractivity contribution in [1.82, 2.24) is 5.32 Å². The molecule has 2 atom stereocenters. The minimum atomic E-state index is -0.807. The van der Waals surface area contributed by atoms with Crippen molar-refractivity contribution in [3.8, 4) is 0 Å². The van der Waals surface area contributed by atoms with Gasteiger partial charge in [-0.2, -0.15) is 0 Å². The van der Waals surface area contributed by atoms with Gasteiger partial charge in [0, 0.05) is 19.7 Å². The molecule has 19 heavy (non-hydrogen) atoms. The molecule has 2 N–H and O–H groups in total. The fraction of sp³-hybridized carbons (Fsp3) is 0.533. The van der Waals surface area contributed by atoms with Crippen LogP contribution in [-0.4, -0.2) is 37.4 Å². The van der Waals surface area contributed by atoms with Crippen molar-refractivity contribution in [2.45, 2.75) is 25.8 Å². The van der Waals surface area contributed by atoms with Crippen LogP contribution in [0, 0.1) is 5.92 Å². The lowest BCUT2D eigenvalue weighted by Crippen LogP contribution is -2.41. The summed E-state index contributed by atoms with van der Waals surface area (Å²) in [6.45, 7) is 5.17. The van der Waals surface area contributed by atoms with E-state index in [0.717, 1.165) is 5.56 Å². The number of aliphatic carboxylic acids is 1. The molecule has 0 radical (unpaired) electrons. The molecule has 0 saturated carbocycles. The van der Waals surface area contributed by atoms with Crippen LogP contribution in [0.4, 0.5) is 0 Å². The predicted molar refractivity (Wildman–Crippen MR) is 75.3 cm³/mol. The maximum Gasteiger partial charge on any atom is 0.312 e. The Hall–Kier alpha value is -1.39. The number of carboxylic acids is 1. The summed E-state index contributed by atoms with van der Waals surface area (Å²) in [5.74, 6) is -0.942. The number of hydrogen-bond acceptors (Lipinski definition) is 3. The monoisotopic (exact) mass is 265 g/mol. The van der Waals surface area contributed by atoms with E-state index >= 15 is 0 Å². The highest BCUT2D eigenvalue weighted by Crippen LogP contribution is 2.15. The van der Waals surface area contributed by atoms with E-state index in [1.807, 2.05) is 30.3 Å². The number of rotatable bonds is 8. The molecule has 0 aliphatic heterocycles. The van der Waals surface area contributed by atoms with Crippen molar-refractivity contribution in [3.05, 3.63) is 35.9 Å². The van der Waals surface area contributed by atoms with E-state index in [0.29, 0.717) is 19.1 Å². The average Bonchev–Trinajstić information content (AvgIpc) is 2.38. The Morgan fingerprint density at radius 3 is 2.42 bits per heavy atom. The third-order valence-electron chi connectivity index (χ3n) is 3.24. The van der Waals surface area contributed by atoms with Crippen molar-refractivity contribution in [2.75, 3.05) is 20.3 Å². The van der Waals surface area contributed by atoms with Gasteiger partial charge in [-0.1, -0.05) is 44.2 Å². The van der Waals surface area contributed by atoms with Gasteiger partial charge in [-0.15, -0.1) is 0 Å². The maximum absolute atomic E-state index is 11.4. The predicted octanol–water partition coefficient (Wildman–Crippen LogP) is 2.12. The van der Waals surface area contributed by atoms with E-state index in [1.54, 1.807) is 7.11 Å². The van der Waals surface area contributed by atoms with E-state index in [9.17, 15) is 9.90 Å². The first-order valence-electron chi connectivity index (χ1n) is 6.56. The molecule has 0 amide bonds. The Morgan fingerprint density at radius 1 is 1.32 bits per heavy atom. The second-order valence-electron chi connectivity index (χ2n) is 5.02. The molecule has 0 aliphatic carbocycles. The molecule has 106 valence electrons. The Kier molecular flexibility index (Phi) is 6.53. The van der Waals surface area contributed by atoms with Crippen LogP contribution < -0.4 is 5.32 Å². The SMILES string of the molecule is COCC(NCC(C(=O)O)c1ccccc1)C(C)C. The van der Waals surface area contributed by atoms with Gasteiger partial charge in [-0.05, 0) is 11.5 Å². The van der Waals surface area contributed by atoms with Crippen LogP contribution in [0.15, 0.2) is 30.3 Å². The molecule has 4 nitrogen and oxygen atoms in total. The second-order valence-corrected chi connectivity index (χ2v) is 5.02. The summed E-state index contributed by atoms with van der Waals surface area (Å²) in [4.78, 5) is 11.4. The first-order chi connectivity index (χ1) is 9.06. The highest BCUT2D eigenvalue weighted by molar-refractivity contribution is 5.76. The number of carboxylic acid groups (broad SMARTS) is 1. The number of hydrogen-bond donors (Lipinski definition) is 2. The molecule has 2 unspecified atom stereocenters. The van der Waals surface area contributed by atoms with E-state index in [2.05, 4.69) is 19.2 Å². The Bertz CT molecular complexity index is 378. The topological polar surface area (TPSA) is 58.6 Å². The molecule has 1 aromatic carbocycles. The average molecular weight is 265 g/mol. The third-order valence-corrected chi connectivity index (χ3v) is 3.24. The number of methoxy groups -OCH3 is 1. The summed E-state index contributed by atoms with van der Waals surface area (Å²) in [6, 6.07) is 9.47. The van der Waals surface area contributed by atoms with Crippen molar-refractivity contribution in [1.29, 1.82) is 0 Å². The molecule has 0 bridgehead atoms. The molecule has 0 heterocycles. The molecule has 0 fully saturated rings. The van der Waals surface area contributed by atoms with Gasteiger partial charge in [0.1, 0.15) is 0 Å². The summed E-state index contributed by atoms with van der Waals surface area (Å²) in [7, 11) is 1.66. The molecular weight excluding hydrogens is 242 g/mol. The van der Waals surface area contributed by atoms with Crippen LogP contribution in [0.5, 0.6) is 0 Å². The molecule has 1 rings (SSSR count). The van der Waals surface area contributed by atoms with Gasteiger partial charge in [-0.25, -0.2) is 0 Å². The Labute approximate surface area is 114 Å². The van der Waals surface area contributed by atoms with Crippen LogP contribution in [0.1, 0.15) is 25.3 Å². The fourth-order valence-corrected chi connectivity index (χ4v) is 1.97. The van der Waals surface area contributed by atoms with Gasteiger partial charge in [0.05, 0.1) is 12.5 Å². The minimum Gasteiger partial charge on any atom is -0.481 e. The molecule has 0 saturated heterocycles. The first-order valence-corrected chi connectivity index (χ1v) is 6.56. The first kappa shape index (κ1) is 15.7. The fourth-order valence-electron chi connectivity index (χ4n) is 1.97. The molecule has 4 heteroatoms. The summed E-state index contributed by atoms with van der Waals surface area (Å²) < 4.78 is 5.15. The van der Waals surface area contributed by atoms with Crippen LogP contribution in [-0.2, 0) is 9.53 Å². The Balaban J connectivity index is 2.67. The van der Waals surface area contributed by atoms with Crippen molar-refractivity contribution < 1.29 is 14.6 Å². The third kappa shape index (κ3) is 5.01. The minimum absolute atomic E-state index is 0.163. The van der Waals surface area contributed by atoms with Gasteiger partial charge in [0.25, 0.3) is 0 Å². The lowest BCUT2D eigenvalue weighted by molar-refractivity contribution is -0.138. The largest absolute Gasteiger partial charge is 0.481 e. The van der Waals surface area contributed by atoms with Gasteiger partial charge >= 0.3 is 5.97 Å². The zero-order valence-corrected chi connectivity index (χ0v) is 11.8.